The van der Waals surface area contributed by atoms with Crippen molar-refractivity contribution in [1.29, 1.82) is 0 Å². The molecule has 0 unspecified atom stereocenters. The Bertz CT molecular complexity index is 728. The number of halogens is 1. The molecule has 1 aromatic heterocycles. The Morgan fingerprint density at radius 3 is 2.54 bits per heavy atom. The highest BCUT2D eigenvalue weighted by Crippen LogP contribution is 2.14. The summed E-state index contributed by atoms with van der Waals surface area (Å²) in [6.45, 7) is 7.72. The Labute approximate surface area is 169 Å². The molecular formula is C17H24IN5O3. The molecule has 0 saturated heterocycles. The number of rotatable bonds is 7. The number of aromatic nitrogens is 1. The second-order valence-electron chi connectivity index (χ2n) is 5.85. The molecule has 0 spiro atoms. The van der Waals surface area contributed by atoms with E-state index in [1.807, 2.05) is 13.0 Å². The second kappa shape index (κ2) is 10.7. The van der Waals surface area contributed by atoms with Crippen LogP contribution >= 0.6 is 24.0 Å². The van der Waals surface area contributed by atoms with Gasteiger partial charge >= 0.3 is 0 Å². The van der Waals surface area contributed by atoms with E-state index in [0.29, 0.717) is 25.0 Å². The Balaban J connectivity index is 0.00000338. The standard InChI is InChI=1S/C17H23N5O3.HI/c1-4-18-17(20-11-15-9-16(12(2)3)21-25-15)19-10-13-5-7-14(8-6-13)22(23)24;/h5-9,12H,4,10-11H2,1-3H3,(H2,18,19,20);1H. The molecule has 26 heavy (non-hydrogen) atoms. The smallest absolute Gasteiger partial charge is 0.269 e. The number of aliphatic imine (C=N–C) groups is 1. The molecule has 0 fully saturated rings. The summed E-state index contributed by atoms with van der Waals surface area (Å²) in [4.78, 5) is 14.7. The zero-order valence-corrected chi connectivity index (χ0v) is 17.4. The largest absolute Gasteiger partial charge is 0.359 e. The molecule has 9 heteroatoms. The molecule has 0 amide bonds. The monoisotopic (exact) mass is 473 g/mol. The minimum Gasteiger partial charge on any atom is -0.359 e. The van der Waals surface area contributed by atoms with Gasteiger partial charge in [0.05, 0.1) is 23.7 Å². The maximum Gasteiger partial charge on any atom is 0.269 e. The van der Waals surface area contributed by atoms with Crippen LogP contribution < -0.4 is 10.6 Å². The molecule has 0 aliphatic heterocycles. The summed E-state index contributed by atoms with van der Waals surface area (Å²) in [7, 11) is 0. The number of nitro benzene ring substituents is 1. The van der Waals surface area contributed by atoms with E-state index in [1.165, 1.54) is 12.1 Å². The summed E-state index contributed by atoms with van der Waals surface area (Å²) >= 11 is 0. The summed E-state index contributed by atoms with van der Waals surface area (Å²) in [5.41, 5.74) is 1.89. The number of nitrogens with zero attached hydrogens (tertiary/aromatic N) is 3. The van der Waals surface area contributed by atoms with Gasteiger partial charge in [0.25, 0.3) is 5.69 Å². The number of nitrogens with one attached hydrogen (secondary N) is 2. The van der Waals surface area contributed by atoms with E-state index in [0.717, 1.165) is 23.6 Å². The zero-order chi connectivity index (χ0) is 18.2. The zero-order valence-electron chi connectivity index (χ0n) is 15.1. The fourth-order valence-electron chi connectivity index (χ4n) is 2.09. The number of benzene rings is 1. The van der Waals surface area contributed by atoms with Crippen molar-refractivity contribution >= 4 is 35.6 Å². The van der Waals surface area contributed by atoms with Crippen LogP contribution in [0.1, 0.15) is 43.7 Å². The molecule has 1 heterocycles. The van der Waals surface area contributed by atoms with Gasteiger partial charge in [0.15, 0.2) is 11.7 Å². The van der Waals surface area contributed by atoms with E-state index in [-0.39, 0.29) is 29.7 Å². The molecule has 0 bridgehead atoms. The van der Waals surface area contributed by atoms with E-state index in [4.69, 9.17) is 4.52 Å². The number of non-ortho nitro benzene ring substituents is 1. The average Bonchev–Trinajstić information content (AvgIpc) is 3.07. The maximum absolute atomic E-state index is 10.7. The van der Waals surface area contributed by atoms with E-state index < -0.39 is 4.92 Å². The first-order valence-electron chi connectivity index (χ1n) is 8.20. The predicted octanol–water partition coefficient (Wildman–Crippen LogP) is 3.58. The highest BCUT2D eigenvalue weighted by Gasteiger charge is 2.08. The number of guanidine groups is 1. The molecule has 0 radical (unpaired) electrons. The van der Waals surface area contributed by atoms with E-state index >= 15 is 0 Å². The minimum atomic E-state index is -0.415. The summed E-state index contributed by atoms with van der Waals surface area (Å²) in [5.74, 6) is 1.70. The molecule has 2 aromatic rings. The van der Waals surface area contributed by atoms with Crippen LogP contribution in [0, 0.1) is 10.1 Å². The van der Waals surface area contributed by atoms with Gasteiger partial charge in [-0.05, 0) is 18.4 Å². The highest BCUT2D eigenvalue weighted by atomic mass is 127. The first kappa shape index (κ1) is 21.9. The van der Waals surface area contributed by atoms with Gasteiger partial charge in [-0.1, -0.05) is 31.1 Å². The summed E-state index contributed by atoms with van der Waals surface area (Å²) in [5, 5.41) is 21.0. The Morgan fingerprint density at radius 2 is 2.00 bits per heavy atom. The van der Waals surface area contributed by atoms with Crippen LogP contribution in [0.15, 0.2) is 39.8 Å². The van der Waals surface area contributed by atoms with Gasteiger partial charge in [-0.15, -0.1) is 24.0 Å². The van der Waals surface area contributed by atoms with Crippen molar-refractivity contribution in [1.82, 2.24) is 15.8 Å². The van der Waals surface area contributed by atoms with Gasteiger partial charge in [-0.3, -0.25) is 10.1 Å². The quantitative estimate of drug-likeness (QED) is 0.209. The molecule has 142 valence electrons. The lowest BCUT2D eigenvalue weighted by Gasteiger charge is -2.09. The van der Waals surface area contributed by atoms with Crippen molar-refractivity contribution in [2.75, 3.05) is 6.54 Å². The minimum absolute atomic E-state index is 0. The van der Waals surface area contributed by atoms with E-state index in [1.54, 1.807) is 12.1 Å². The maximum atomic E-state index is 10.7. The molecule has 2 rings (SSSR count). The van der Waals surface area contributed by atoms with Crippen molar-refractivity contribution < 1.29 is 9.45 Å². The fourth-order valence-corrected chi connectivity index (χ4v) is 2.09. The molecule has 0 aliphatic carbocycles. The van der Waals surface area contributed by atoms with Gasteiger partial charge in [-0.2, -0.15) is 0 Å². The summed E-state index contributed by atoms with van der Waals surface area (Å²) < 4.78 is 5.29. The van der Waals surface area contributed by atoms with Gasteiger partial charge in [0.1, 0.15) is 0 Å². The molecule has 1 aromatic carbocycles. The molecule has 0 saturated carbocycles. The highest BCUT2D eigenvalue weighted by molar-refractivity contribution is 14.0. The Kier molecular flexibility index (Phi) is 9.03. The Morgan fingerprint density at radius 1 is 1.31 bits per heavy atom. The third-order valence-corrected chi connectivity index (χ3v) is 3.51. The summed E-state index contributed by atoms with van der Waals surface area (Å²) in [6, 6.07) is 8.30. The van der Waals surface area contributed by atoms with Crippen LogP contribution in [0.25, 0.3) is 0 Å². The van der Waals surface area contributed by atoms with Crippen LogP contribution in [0.2, 0.25) is 0 Å². The van der Waals surface area contributed by atoms with Gasteiger partial charge < -0.3 is 15.2 Å². The van der Waals surface area contributed by atoms with Gasteiger partial charge in [0, 0.05) is 24.7 Å². The van der Waals surface area contributed by atoms with Crippen LogP contribution in [-0.4, -0.2) is 22.6 Å². The van der Waals surface area contributed by atoms with Crippen LogP contribution in [0.5, 0.6) is 0 Å². The van der Waals surface area contributed by atoms with Crippen LogP contribution in [0.4, 0.5) is 5.69 Å². The first-order chi connectivity index (χ1) is 12.0. The van der Waals surface area contributed by atoms with Gasteiger partial charge in [0.2, 0.25) is 0 Å². The van der Waals surface area contributed by atoms with Gasteiger partial charge in [-0.25, -0.2) is 4.99 Å². The summed E-state index contributed by atoms with van der Waals surface area (Å²) in [6.07, 6.45) is 0. The lowest BCUT2D eigenvalue weighted by atomic mass is 10.1. The molecule has 0 atom stereocenters. The topological polar surface area (TPSA) is 106 Å². The predicted molar refractivity (Wildman–Crippen MR) is 111 cm³/mol. The van der Waals surface area contributed by atoms with E-state index in [9.17, 15) is 10.1 Å². The van der Waals surface area contributed by atoms with Crippen molar-refractivity contribution in [2.45, 2.75) is 39.8 Å². The Hall–Kier alpha value is -2.17. The fraction of sp³-hybridized carbons (Fsp3) is 0.412. The molecule has 8 nitrogen and oxygen atoms in total. The number of hydrogen-bond donors (Lipinski definition) is 2. The lowest BCUT2D eigenvalue weighted by Crippen LogP contribution is -2.36. The second-order valence-corrected chi connectivity index (χ2v) is 5.85. The molecular weight excluding hydrogens is 449 g/mol. The molecule has 0 aliphatic rings. The number of hydrogen-bond acceptors (Lipinski definition) is 5. The van der Waals surface area contributed by atoms with E-state index in [2.05, 4.69) is 34.6 Å². The molecule has 2 N–H and O–H groups in total. The normalized spacial score (nSPS) is 11.2. The van der Waals surface area contributed by atoms with Crippen molar-refractivity contribution in [3.8, 4) is 0 Å². The number of nitro groups is 1. The van der Waals surface area contributed by atoms with Crippen LogP contribution in [0.3, 0.4) is 0 Å². The van der Waals surface area contributed by atoms with Crippen molar-refractivity contribution in [3.63, 3.8) is 0 Å². The third kappa shape index (κ3) is 6.62. The third-order valence-electron chi connectivity index (χ3n) is 3.51. The lowest BCUT2D eigenvalue weighted by molar-refractivity contribution is -0.384. The first-order valence-corrected chi connectivity index (χ1v) is 8.20. The van der Waals surface area contributed by atoms with Crippen molar-refractivity contribution in [3.05, 3.63) is 57.5 Å². The average molecular weight is 473 g/mol. The SMILES string of the molecule is CCNC(=NCc1ccc([N+](=O)[O-])cc1)NCc1cc(C(C)C)no1.I. The van der Waals surface area contributed by atoms with Crippen LogP contribution in [-0.2, 0) is 13.1 Å². The van der Waals surface area contributed by atoms with Crippen molar-refractivity contribution in [2.24, 2.45) is 4.99 Å².